The Hall–Kier alpha value is -2.34. The second kappa shape index (κ2) is 9.04. The Labute approximate surface area is 161 Å². The molecule has 1 amide bonds. The Bertz CT molecular complexity index is 750. The highest BCUT2D eigenvalue weighted by atomic mass is 16.5. The van der Waals surface area contributed by atoms with Gasteiger partial charge in [-0.25, -0.2) is 4.98 Å². The maximum Gasteiger partial charge on any atom is 0.260 e. The molecule has 1 saturated heterocycles. The molecule has 1 aromatic heterocycles. The van der Waals surface area contributed by atoms with Gasteiger partial charge in [-0.15, -0.1) is 0 Å². The summed E-state index contributed by atoms with van der Waals surface area (Å²) in [6.45, 7) is 7.49. The van der Waals surface area contributed by atoms with Gasteiger partial charge in [0.15, 0.2) is 6.61 Å². The summed E-state index contributed by atoms with van der Waals surface area (Å²) in [5.41, 5.74) is 2.14. The van der Waals surface area contributed by atoms with E-state index in [-0.39, 0.29) is 12.5 Å². The lowest BCUT2D eigenvalue weighted by Crippen LogP contribution is -2.40. The molecule has 1 fully saturated rings. The van der Waals surface area contributed by atoms with E-state index in [9.17, 15) is 4.79 Å². The van der Waals surface area contributed by atoms with Gasteiger partial charge in [0, 0.05) is 37.1 Å². The number of para-hydroxylation sites is 1. The third kappa shape index (κ3) is 5.57. The first kappa shape index (κ1) is 19.4. The molecule has 0 bridgehead atoms. The largest absolute Gasteiger partial charge is 0.483 e. The number of nitrogens with one attached hydrogen (secondary N) is 1. The van der Waals surface area contributed by atoms with Crippen molar-refractivity contribution in [1.29, 1.82) is 0 Å². The zero-order valence-corrected chi connectivity index (χ0v) is 16.6. The molecule has 1 aromatic carbocycles. The van der Waals surface area contributed by atoms with Gasteiger partial charge >= 0.3 is 0 Å². The van der Waals surface area contributed by atoms with Crippen molar-refractivity contribution in [3.05, 3.63) is 47.5 Å². The van der Waals surface area contributed by atoms with Gasteiger partial charge in [-0.2, -0.15) is 0 Å². The number of piperidine rings is 1. The number of hydrogen-bond acceptors (Lipinski definition) is 4. The van der Waals surface area contributed by atoms with Crippen LogP contribution in [0.2, 0.25) is 0 Å². The minimum atomic E-state index is 0.0797. The summed E-state index contributed by atoms with van der Waals surface area (Å²) in [4.78, 5) is 24.1. The Morgan fingerprint density at radius 2 is 2.04 bits per heavy atom. The van der Waals surface area contributed by atoms with Gasteiger partial charge in [0.1, 0.15) is 11.6 Å². The second-order valence-electron chi connectivity index (χ2n) is 7.64. The van der Waals surface area contributed by atoms with Crippen molar-refractivity contribution in [2.24, 2.45) is 5.92 Å². The van der Waals surface area contributed by atoms with Crippen LogP contribution in [0.3, 0.4) is 0 Å². The second-order valence-corrected chi connectivity index (χ2v) is 7.64. The fraction of sp³-hybridized carbons (Fsp3) is 0.524. The van der Waals surface area contributed by atoms with Crippen molar-refractivity contribution < 1.29 is 9.53 Å². The smallest absolute Gasteiger partial charge is 0.260 e. The van der Waals surface area contributed by atoms with Gasteiger partial charge in [0.2, 0.25) is 0 Å². The average Bonchev–Trinajstić information content (AvgIpc) is 3.06. The zero-order valence-electron chi connectivity index (χ0n) is 16.6. The third-order valence-corrected chi connectivity index (χ3v) is 5.08. The Morgan fingerprint density at radius 1 is 1.30 bits per heavy atom. The van der Waals surface area contributed by atoms with E-state index in [0.29, 0.717) is 5.92 Å². The molecule has 2 aromatic rings. The molecule has 6 heteroatoms. The highest BCUT2D eigenvalue weighted by Gasteiger charge is 2.20. The standard InChI is InChI=1S/C21H30N4O2/c1-16-8-10-25(11-9-16)21(26)15-27-19-7-5-4-6-18(19)13-24(3)14-20-22-12-17(2)23-20/h4-7,12,16H,8-11,13-15H2,1-3H3,(H,22,23). The summed E-state index contributed by atoms with van der Waals surface area (Å²) in [6, 6.07) is 7.93. The molecule has 0 radical (unpaired) electrons. The van der Waals surface area contributed by atoms with Crippen molar-refractivity contribution in [1.82, 2.24) is 19.8 Å². The lowest BCUT2D eigenvalue weighted by Gasteiger charge is -2.30. The quantitative estimate of drug-likeness (QED) is 0.814. The van der Waals surface area contributed by atoms with E-state index < -0.39 is 0 Å². The number of aryl methyl sites for hydroxylation is 1. The number of nitrogens with zero attached hydrogens (tertiary/aromatic N) is 3. The maximum absolute atomic E-state index is 12.4. The number of benzene rings is 1. The summed E-state index contributed by atoms with van der Waals surface area (Å²) < 4.78 is 5.89. The van der Waals surface area contributed by atoms with E-state index in [1.165, 1.54) is 0 Å². The monoisotopic (exact) mass is 370 g/mol. The molecule has 6 nitrogen and oxygen atoms in total. The number of carbonyl (C=O) groups is 1. The van der Waals surface area contributed by atoms with Gasteiger partial charge < -0.3 is 14.6 Å². The van der Waals surface area contributed by atoms with Gasteiger partial charge in [0.05, 0.1) is 6.54 Å². The van der Waals surface area contributed by atoms with Crippen LogP contribution in [0.1, 0.15) is 36.8 Å². The molecule has 0 saturated carbocycles. The molecule has 27 heavy (non-hydrogen) atoms. The van der Waals surface area contributed by atoms with Crippen LogP contribution in [0, 0.1) is 12.8 Å². The molecular weight excluding hydrogens is 340 g/mol. The van der Waals surface area contributed by atoms with Crippen LogP contribution >= 0.6 is 0 Å². The number of ether oxygens (including phenoxy) is 1. The predicted molar refractivity (Wildman–Crippen MR) is 105 cm³/mol. The van der Waals surface area contributed by atoms with Gasteiger partial charge in [-0.05, 0) is 38.8 Å². The number of aromatic nitrogens is 2. The van der Waals surface area contributed by atoms with Crippen LogP contribution in [0.5, 0.6) is 5.75 Å². The Morgan fingerprint density at radius 3 is 2.74 bits per heavy atom. The van der Waals surface area contributed by atoms with E-state index in [1.807, 2.05) is 42.3 Å². The fourth-order valence-corrected chi connectivity index (χ4v) is 3.41. The molecule has 1 aliphatic heterocycles. The Kier molecular flexibility index (Phi) is 6.50. The summed E-state index contributed by atoms with van der Waals surface area (Å²) in [5, 5.41) is 0. The first-order valence-electron chi connectivity index (χ1n) is 9.68. The van der Waals surface area contributed by atoms with Crippen molar-refractivity contribution in [2.45, 2.75) is 39.8 Å². The highest BCUT2D eigenvalue weighted by Crippen LogP contribution is 2.21. The minimum absolute atomic E-state index is 0.0797. The summed E-state index contributed by atoms with van der Waals surface area (Å²) in [7, 11) is 2.05. The van der Waals surface area contributed by atoms with Crippen LogP contribution in [0.25, 0.3) is 0 Å². The molecule has 0 atom stereocenters. The number of hydrogen-bond donors (Lipinski definition) is 1. The van der Waals surface area contributed by atoms with Crippen molar-refractivity contribution in [3.8, 4) is 5.75 Å². The number of carbonyl (C=O) groups excluding carboxylic acids is 1. The SMILES string of the molecule is Cc1cnc(CN(C)Cc2ccccc2OCC(=O)N2CCC(C)CC2)[nH]1. The van der Waals surface area contributed by atoms with E-state index in [0.717, 1.165) is 61.9 Å². The first-order valence-corrected chi connectivity index (χ1v) is 9.68. The summed E-state index contributed by atoms with van der Waals surface area (Å²) in [6.07, 6.45) is 4.01. The number of imidazole rings is 1. The van der Waals surface area contributed by atoms with Crippen molar-refractivity contribution >= 4 is 5.91 Å². The van der Waals surface area contributed by atoms with Crippen LogP contribution in [0.15, 0.2) is 30.5 Å². The van der Waals surface area contributed by atoms with Crippen molar-refractivity contribution in [2.75, 3.05) is 26.7 Å². The van der Waals surface area contributed by atoms with Crippen LogP contribution < -0.4 is 4.74 Å². The van der Waals surface area contributed by atoms with Gasteiger partial charge in [-0.1, -0.05) is 25.1 Å². The molecule has 2 heterocycles. The maximum atomic E-state index is 12.4. The molecule has 3 rings (SSSR count). The summed E-state index contributed by atoms with van der Waals surface area (Å²) >= 11 is 0. The van der Waals surface area contributed by atoms with Crippen LogP contribution in [-0.4, -0.2) is 52.4 Å². The van der Waals surface area contributed by atoms with E-state index in [2.05, 4.69) is 28.8 Å². The molecule has 1 aliphatic rings. The molecular formula is C21H30N4O2. The number of rotatable bonds is 7. The van der Waals surface area contributed by atoms with Crippen LogP contribution in [-0.2, 0) is 17.9 Å². The normalized spacial score (nSPS) is 15.3. The van der Waals surface area contributed by atoms with Crippen molar-refractivity contribution in [3.63, 3.8) is 0 Å². The number of aromatic amines is 1. The fourth-order valence-electron chi connectivity index (χ4n) is 3.41. The van der Waals surface area contributed by atoms with E-state index in [1.54, 1.807) is 0 Å². The van der Waals surface area contributed by atoms with Gasteiger partial charge in [-0.3, -0.25) is 9.69 Å². The number of H-pyrrole nitrogens is 1. The first-order chi connectivity index (χ1) is 13.0. The molecule has 0 aliphatic carbocycles. The van der Waals surface area contributed by atoms with Gasteiger partial charge in [0.25, 0.3) is 5.91 Å². The highest BCUT2D eigenvalue weighted by molar-refractivity contribution is 5.77. The predicted octanol–water partition coefficient (Wildman–Crippen LogP) is 2.99. The zero-order chi connectivity index (χ0) is 19.2. The lowest BCUT2D eigenvalue weighted by atomic mass is 9.99. The van der Waals surface area contributed by atoms with Crippen LogP contribution in [0.4, 0.5) is 0 Å². The summed E-state index contributed by atoms with van der Waals surface area (Å²) in [5.74, 6) is 2.52. The van der Waals surface area contributed by atoms with E-state index in [4.69, 9.17) is 4.74 Å². The number of amides is 1. The Balaban J connectivity index is 1.54. The third-order valence-electron chi connectivity index (χ3n) is 5.08. The molecule has 0 spiro atoms. The van der Waals surface area contributed by atoms with E-state index >= 15 is 0 Å². The number of likely N-dealkylation sites (tertiary alicyclic amines) is 1. The lowest BCUT2D eigenvalue weighted by molar-refractivity contribution is -0.134. The minimum Gasteiger partial charge on any atom is -0.483 e. The topological polar surface area (TPSA) is 61.5 Å². The molecule has 146 valence electrons. The molecule has 1 N–H and O–H groups in total. The average molecular weight is 370 g/mol. The molecule has 0 unspecified atom stereocenters.